The molecule has 0 aliphatic carbocycles. The lowest BCUT2D eigenvalue weighted by Crippen LogP contribution is -2.20. The van der Waals surface area contributed by atoms with E-state index >= 15 is 0 Å². The fourth-order valence-electron chi connectivity index (χ4n) is 1.35. The standard InChI is InChI=1S/C10H14NO3P/c1-2-7-11-15(12)13-8-9-5-3-4-6-10(9)14-15/h3-6H,2,7-8H2,1H3,(H,11,12). The highest BCUT2D eigenvalue weighted by atomic mass is 31.2. The lowest BCUT2D eigenvalue weighted by Gasteiger charge is -2.25. The first-order chi connectivity index (χ1) is 7.23. The fourth-order valence-corrected chi connectivity index (χ4v) is 2.80. The summed E-state index contributed by atoms with van der Waals surface area (Å²) >= 11 is 0. The van der Waals surface area contributed by atoms with E-state index in [0.717, 1.165) is 12.0 Å². The summed E-state index contributed by atoms with van der Waals surface area (Å²) in [6.07, 6.45) is 0.887. The van der Waals surface area contributed by atoms with Crippen LogP contribution in [0, 0.1) is 0 Å². The first kappa shape index (κ1) is 10.7. The summed E-state index contributed by atoms with van der Waals surface area (Å²) in [6, 6.07) is 7.46. The van der Waals surface area contributed by atoms with Crippen molar-refractivity contribution in [2.45, 2.75) is 20.0 Å². The first-order valence-electron chi connectivity index (χ1n) is 5.01. The second-order valence-corrected chi connectivity index (χ2v) is 5.13. The second kappa shape index (κ2) is 4.35. The quantitative estimate of drug-likeness (QED) is 0.806. The van der Waals surface area contributed by atoms with Crippen LogP contribution >= 0.6 is 7.75 Å². The molecule has 1 aliphatic heterocycles. The molecule has 2 rings (SSSR count). The minimum absolute atomic E-state index is 0.337. The number of fused-ring (bicyclic) bond motifs is 1. The van der Waals surface area contributed by atoms with Crippen molar-refractivity contribution < 1.29 is 13.6 Å². The summed E-state index contributed by atoms with van der Waals surface area (Å²) in [5, 5.41) is 2.80. The monoisotopic (exact) mass is 227 g/mol. The van der Waals surface area contributed by atoms with E-state index in [1.807, 2.05) is 25.1 Å². The number of para-hydroxylation sites is 1. The van der Waals surface area contributed by atoms with E-state index in [9.17, 15) is 4.57 Å². The maximum atomic E-state index is 12.0. The first-order valence-corrected chi connectivity index (χ1v) is 6.55. The lowest BCUT2D eigenvalue weighted by atomic mass is 10.2. The van der Waals surface area contributed by atoms with E-state index in [1.165, 1.54) is 0 Å². The Hall–Kier alpha value is -0.830. The Morgan fingerprint density at radius 3 is 3.07 bits per heavy atom. The van der Waals surface area contributed by atoms with E-state index in [0.29, 0.717) is 18.9 Å². The molecule has 5 heteroatoms. The average Bonchev–Trinajstić information content (AvgIpc) is 2.26. The topological polar surface area (TPSA) is 47.6 Å². The molecule has 1 aliphatic rings. The molecule has 4 nitrogen and oxygen atoms in total. The van der Waals surface area contributed by atoms with Gasteiger partial charge >= 0.3 is 7.75 Å². The Morgan fingerprint density at radius 1 is 1.47 bits per heavy atom. The average molecular weight is 227 g/mol. The van der Waals surface area contributed by atoms with E-state index in [4.69, 9.17) is 9.05 Å². The summed E-state index contributed by atoms with van der Waals surface area (Å²) in [5.41, 5.74) is 0.933. The third-order valence-corrected chi connectivity index (χ3v) is 3.65. The summed E-state index contributed by atoms with van der Waals surface area (Å²) < 4.78 is 22.6. The molecule has 0 fully saturated rings. The summed E-state index contributed by atoms with van der Waals surface area (Å²) in [5.74, 6) is 0.649. The third kappa shape index (κ3) is 2.40. The number of benzene rings is 1. The van der Waals surface area contributed by atoms with Gasteiger partial charge in [-0.2, -0.15) is 0 Å². The van der Waals surface area contributed by atoms with Gasteiger partial charge < -0.3 is 4.52 Å². The summed E-state index contributed by atoms with van der Waals surface area (Å²) in [7, 11) is -3.11. The molecular formula is C10H14NO3P. The van der Waals surface area contributed by atoms with Gasteiger partial charge in [-0.25, -0.2) is 9.65 Å². The molecular weight excluding hydrogens is 213 g/mol. The van der Waals surface area contributed by atoms with Gasteiger partial charge in [0.2, 0.25) is 0 Å². The van der Waals surface area contributed by atoms with Gasteiger partial charge in [-0.05, 0) is 12.5 Å². The van der Waals surface area contributed by atoms with Crippen LogP contribution in [-0.2, 0) is 15.7 Å². The molecule has 1 aromatic rings. The molecule has 0 bridgehead atoms. The van der Waals surface area contributed by atoms with Crippen LogP contribution in [0.1, 0.15) is 18.9 Å². The highest BCUT2D eigenvalue weighted by Crippen LogP contribution is 2.49. The molecule has 0 saturated carbocycles. The largest absolute Gasteiger partial charge is 0.459 e. The molecule has 0 aromatic heterocycles. The zero-order valence-corrected chi connectivity index (χ0v) is 9.50. The van der Waals surface area contributed by atoms with Gasteiger partial charge in [0.05, 0.1) is 6.61 Å². The summed E-state index contributed by atoms with van der Waals surface area (Å²) in [4.78, 5) is 0. The fraction of sp³-hybridized carbons (Fsp3) is 0.400. The van der Waals surface area contributed by atoms with Gasteiger partial charge in [0, 0.05) is 12.1 Å². The molecule has 0 radical (unpaired) electrons. The maximum absolute atomic E-state index is 12.0. The molecule has 0 saturated heterocycles. The van der Waals surface area contributed by atoms with Crippen molar-refractivity contribution in [3.8, 4) is 5.75 Å². The molecule has 82 valence electrons. The number of rotatable bonds is 3. The second-order valence-electron chi connectivity index (χ2n) is 3.38. The van der Waals surface area contributed by atoms with Crippen molar-refractivity contribution in [2.24, 2.45) is 0 Å². The highest BCUT2D eigenvalue weighted by molar-refractivity contribution is 7.52. The number of hydrogen-bond donors (Lipinski definition) is 1. The Balaban J connectivity index is 2.14. The van der Waals surface area contributed by atoms with Crippen molar-refractivity contribution in [1.29, 1.82) is 0 Å². The third-order valence-electron chi connectivity index (χ3n) is 2.14. The minimum atomic E-state index is -3.11. The van der Waals surface area contributed by atoms with Crippen LogP contribution in [0.2, 0.25) is 0 Å². The van der Waals surface area contributed by atoms with Gasteiger partial charge in [0.15, 0.2) is 0 Å². The van der Waals surface area contributed by atoms with Crippen molar-refractivity contribution in [1.82, 2.24) is 5.09 Å². The van der Waals surface area contributed by atoms with Crippen LogP contribution in [0.3, 0.4) is 0 Å². The van der Waals surface area contributed by atoms with E-state index in [1.54, 1.807) is 6.07 Å². The minimum Gasteiger partial charge on any atom is -0.413 e. The van der Waals surface area contributed by atoms with Gasteiger partial charge in [0.1, 0.15) is 5.75 Å². The van der Waals surface area contributed by atoms with Crippen molar-refractivity contribution >= 4 is 7.75 Å². The SMILES string of the molecule is CCCNP1(=O)OCc2ccccc2O1. The summed E-state index contributed by atoms with van der Waals surface area (Å²) in [6.45, 7) is 2.96. The molecule has 1 atom stereocenters. The van der Waals surface area contributed by atoms with E-state index in [-0.39, 0.29) is 0 Å². The molecule has 1 heterocycles. The Morgan fingerprint density at radius 2 is 2.27 bits per heavy atom. The van der Waals surface area contributed by atoms with Crippen LogP contribution < -0.4 is 9.61 Å². The van der Waals surface area contributed by atoms with Crippen LogP contribution in [0.4, 0.5) is 0 Å². The van der Waals surface area contributed by atoms with E-state index < -0.39 is 7.75 Å². The van der Waals surface area contributed by atoms with E-state index in [2.05, 4.69) is 5.09 Å². The highest BCUT2D eigenvalue weighted by Gasteiger charge is 2.31. The van der Waals surface area contributed by atoms with Crippen LogP contribution in [0.5, 0.6) is 5.75 Å². The predicted octanol–water partition coefficient (Wildman–Crippen LogP) is 2.70. The number of nitrogens with one attached hydrogen (secondary N) is 1. The maximum Gasteiger partial charge on any atom is 0.459 e. The normalized spacial score (nSPS) is 24.3. The van der Waals surface area contributed by atoms with Crippen molar-refractivity contribution in [2.75, 3.05) is 6.54 Å². The molecule has 0 amide bonds. The molecule has 0 spiro atoms. The zero-order valence-electron chi connectivity index (χ0n) is 8.60. The number of hydrogen-bond acceptors (Lipinski definition) is 3. The molecule has 15 heavy (non-hydrogen) atoms. The van der Waals surface area contributed by atoms with Crippen molar-refractivity contribution in [3.63, 3.8) is 0 Å². The predicted molar refractivity (Wildman–Crippen MR) is 57.8 cm³/mol. The smallest absolute Gasteiger partial charge is 0.413 e. The lowest BCUT2D eigenvalue weighted by molar-refractivity contribution is 0.223. The van der Waals surface area contributed by atoms with Crippen LogP contribution in [0.15, 0.2) is 24.3 Å². The Kier molecular flexibility index (Phi) is 3.10. The van der Waals surface area contributed by atoms with Gasteiger partial charge in [-0.1, -0.05) is 25.1 Å². The molecule has 1 N–H and O–H groups in total. The van der Waals surface area contributed by atoms with Gasteiger partial charge in [-0.15, -0.1) is 0 Å². The van der Waals surface area contributed by atoms with Crippen LogP contribution in [0.25, 0.3) is 0 Å². The Bertz CT molecular complexity index is 394. The zero-order chi connectivity index (χ0) is 10.7. The van der Waals surface area contributed by atoms with Crippen molar-refractivity contribution in [3.05, 3.63) is 29.8 Å². The molecule has 1 aromatic carbocycles. The van der Waals surface area contributed by atoms with Crippen LogP contribution in [-0.4, -0.2) is 6.54 Å². The molecule has 1 unspecified atom stereocenters. The van der Waals surface area contributed by atoms with Gasteiger partial charge in [-0.3, -0.25) is 4.52 Å². The van der Waals surface area contributed by atoms with Gasteiger partial charge in [0.25, 0.3) is 0 Å². The Labute approximate surface area is 89.2 Å².